The summed E-state index contributed by atoms with van der Waals surface area (Å²) in [6, 6.07) is 26.4. The summed E-state index contributed by atoms with van der Waals surface area (Å²) in [7, 11) is 1.51. The van der Waals surface area contributed by atoms with Crippen molar-refractivity contribution in [2.45, 2.75) is 94.8 Å². The van der Waals surface area contributed by atoms with Crippen molar-refractivity contribution in [3.8, 4) is 11.5 Å². The van der Waals surface area contributed by atoms with Crippen LogP contribution in [0.3, 0.4) is 0 Å². The molecule has 11 heteroatoms. The Morgan fingerprint density at radius 2 is 1.55 bits per heavy atom. The number of carbonyl (C=O) groups excluding carboxylic acids is 2. The van der Waals surface area contributed by atoms with E-state index in [1.807, 2.05) is 61.5 Å². The first-order valence-corrected chi connectivity index (χ1v) is 19.5. The lowest BCUT2D eigenvalue weighted by Gasteiger charge is -2.31. The zero-order valence-corrected chi connectivity index (χ0v) is 33.9. The van der Waals surface area contributed by atoms with Crippen LogP contribution in [0.5, 0.6) is 11.5 Å². The average Bonchev–Trinajstić information content (AvgIpc) is 3.43. The van der Waals surface area contributed by atoms with Crippen molar-refractivity contribution in [1.29, 1.82) is 0 Å². The smallest absolute Gasteiger partial charge is 0.268 e. The Morgan fingerprint density at radius 1 is 0.887 bits per heavy atom. The van der Waals surface area contributed by atoms with E-state index in [9.17, 15) is 9.59 Å². The third kappa shape index (κ3) is 9.14. The first-order chi connectivity index (χ1) is 25.2. The van der Waals surface area contributed by atoms with E-state index in [4.69, 9.17) is 32.7 Å². The second-order valence-electron chi connectivity index (χ2n) is 14.3. The van der Waals surface area contributed by atoms with E-state index in [1.165, 1.54) is 29.4 Å². The van der Waals surface area contributed by atoms with Gasteiger partial charge in [0.25, 0.3) is 11.8 Å². The molecule has 0 spiro atoms. The molecule has 2 amide bonds. The number of hydrazone groups is 1. The molecule has 2 N–H and O–H groups in total. The van der Waals surface area contributed by atoms with Crippen molar-refractivity contribution >= 4 is 69.7 Å². The molecule has 0 bridgehead atoms. The predicted octanol–water partition coefficient (Wildman–Crippen LogP) is 11.1. The molecule has 53 heavy (non-hydrogen) atoms. The van der Waals surface area contributed by atoms with Gasteiger partial charge in [-0.3, -0.25) is 9.59 Å². The molecule has 0 saturated carbocycles. The summed E-state index contributed by atoms with van der Waals surface area (Å²) in [5.41, 5.74) is 3.66. The topological polar surface area (TPSA) is 92.3 Å². The largest absolute Gasteiger partial charge is 0.497 e. The molecule has 0 saturated heterocycles. The number of amidine groups is 1. The van der Waals surface area contributed by atoms with E-state index in [0.29, 0.717) is 29.4 Å². The van der Waals surface area contributed by atoms with Gasteiger partial charge in [0.1, 0.15) is 17.2 Å². The van der Waals surface area contributed by atoms with Crippen LogP contribution in [0.25, 0.3) is 0 Å². The van der Waals surface area contributed by atoms with Crippen LogP contribution >= 0.6 is 35.0 Å². The lowest BCUT2D eigenvalue weighted by molar-refractivity contribution is -0.123. The summed E-state index contributed by atoms with van der Waals surface area (Å²) < 4.78 is 11.8. The average molecular weight is 776 g/mol. The monoisotopic (exact) mass is 774 g/mol. The minimum Gasteiger partial charge on any atom is -0.497 e. The fraction of sp³-hybridized carbons (Fsp3) is 0.357. The summed E-state index contributed by atoms with van der Waals surface area (Å²) in [6.07, 6.45) is 1.68. The molecule has 1 aliphatic rings. The number of thioether (sulfide) groups is 1. The number of nitrogens with one attached hydrogen (secondary N) is 2. The first-order valence-electron chi connectivity index (χ1n) is 17.9. The van der Waals surface area contributed by atoms with Crippen molar-refractivity contribution in [3.05, 3.63) is 106 Å². The van der Waals surface area contributed by atoms with Crippen molar-refractivity contribution in [2.75, 3.05) is 22.8 Å². The highest BCUT2D eigenvalue weighted by atomic mass is 35.5. The number of amides is 2. The molecule has 0 aromatic heterocycles. The molecule has 5 rings (SSSR count). The highest BCUT2D eigenvalue weighted by Crippen LogP contribution is 2.42. The van der Waals surface area contributed by atoms with Crippen LogP contribution in [-0.4, -0.2) is 36.1 Å². The van der Waals surface area contributed by atoms with Crippen LogP contribution in [0, 0.1) is 0 Å². The fourth-order valence-electron chi connectivity index (χ4n) is 5.79. The fourth-order valence-corrected chi connectivity index (χ4v) is 7.42. The third-order valence-electron chi connectivity index (χ3n) is 9.92. The molecular weight excluding hydrogens is 727 g/mol. The van der Waals surface area contributed by atoms with Crippen LogP contribution in [0.4, 0.5) is 17.1 Å². The quantitative estimate of drug-likeness (QED) is 0.133. The molecule has 2 unspecified atom stereocenters. The van der Waals surface area contributed by atoms with Gasteiger partial charge in [0.2, 0.25) is 0 Å². The lowest BCUT2D eigenvalue weighted by Crippen LogP contribution is -2.33. The molecule has 0 fully saturated rings. The standard InChI is InChI=1S/C42H48Cl2N4O4S/c1-9-34(52-35-21-20-26(41(4,5)10-2)22-31(35)42(6,7)11-3)39(49)46-28-17-15-16-27(23-28)45-38-37(53-30-18-13-12-14-19-30)40(50)48(47-38)36-32(43)24-29(51-8)25-33(36)44/h12-25,34,37H,9-11H2,1-8H3,(H,45,47)(H,46,49). The maximum absolute atomic E-state index is 14.0. The summed E-state index contributed by atoms with van der Waals surface area (Å²) in [4.78, 5) is 28.6. The number of hydrogen-bond donors (Lipinski definition) is 2. The van der Waals surface area contributed by atoms with Gasteiger partial charge in [-0.1, -0.05) is 108 Å². The lowest BCUT2D eigenvalue weighted by atomic mass is 9.76. The Bertz CT molecular complexity index is 1960. The molecule has 4 aromatic carbocycles. The van der Waals surface area contributed by atoms with Gasteiger partial charge < -0.3 is 20.1 Å². The number of methoxy groups -OCH3 is 1. The van der Waals surface area contributed by atoms with Crippen LogP contribution in [0.1, 0.15) is 78.9 Å². The van der Waals surface area contributed by atoms with E-state index in [-0.39, 0.29) is 38.4 Å². The molecule has 1 heterocycles. The highest BCUT2D eigenvalue weighted by molar-refractivity contribution is 8.01. The molecular formula is C42H48Cl2N4O4S. The maximum atomic E-state index is 14.0. The molecule has 4 aromatic rings. The Labute approximate surface area is 327 Å². The molecule has 2 atom stereocenters. The number of ether oxygens (including phenoxy) is 2. The van der Waals surface area contributed by atoms with Gasteiger partial charge in [-0.15, -0.1) is 16.9 Å². The van der Waals surface area contributed by atoms with Gasteiger partial charge in [0.05, 0.1) is 17.2 Å². The Morgan fingerprint density at radius 3 is 2.17 bits per heavy atom. The van der Waals surface area contributed by atoms with Crippen LogP contribution in [0.2, 0.25) is 10.0 Å². The van der Waals surface area contributed by atoms with E-state index in [0.717, 1.165) is 29.1 Å². The maximum Gasteiger partial charge on any atom is 0.268 e. The van der Waals surface area contributed by atoms with E-state index >= 15 is 0 Å². The number of nitrogens with zero attached hydrogens (tertiary/aromatic N) is 2. The van der Waals surface area contributed by atoms with E-state index < -0.39 is 11.4 Å². The van der Waals surface area contributed by atoms with Gasteiger partial charge >= 0.3 is 0 Å². The van der Waals surface area contributed by atoms with E-state index in [1.54, 1.807) is 18.2 Å². The van der Waals surface area contributed by atoms with Gasteiger partial charge in [0, 0.05) is 34.0 Å². The summed E-state index contributed by atoms with van der Waals surface area (Å²) in [5, 5.41) is 12.0. The number of carbonyl (C=O) groups is 2. The molecule has 0 aliphatic carbocycles. The normalized spacial score (nSPS) is 15.2. The Kier molecular flexibility index (Phi) is 12.7. The van der Waals surface area contributed by atoms with Crippen LogP contribution < -0.4 is 25.1 Å². The second-order valence-corrected chi connectivity index (χ2v) is 16.3. The SMILES string of the molecule is CCC(Oc1ccc(C(C)(C)CC)cc1C(C)(C)CC)C(=O)Nc1cccc(NC2=NN(c3c(Cl)cc(OC)cc3Cl)C(=O)C2Sc2ccccc2)c1. The van der Waals surface area contributed by atoms with Gasteiger partial charge in [-0.2, -0.15) is 5.01 Å². The molecule has 280 valence electrons. The summed E-state index contributed by atoms with van der Waals surface area (Å²) in [5.74, 6) is 0.980. The Balaban J connectivity index is 1.39. The third-order valence-corrected chi connectivity index (χ3v) is 11.7. The van der Waals surface area contributed by atoms with Crippen molar-refractivity contribution < 1.29 is 19.1 Å². The minimum atomic E-state index is -0.737. The minimum absolute atomic E-state index is 0.0172. The number of hydrogen-bond acceptors (Lipinski definition) is 7. The zero-order chi connectivity index (χ0) is 38.5. The Hall–Kier alpha value is -4.18. The molecule has 0 radical (unpaired) electrons. The zero-order valence-electron chi connectivity index (χ0n) is 31.6. The van der Waals surface area contributed by atoms with Crippen molar-refractivity contribution in [3.63, 3.8) is 0 Å². The number of rotatable bonds is 14. The van der Waals surface area contributed by atoms with Gasteiger partial charge in [0.15, 0.2) is 17.2 Å². The highest BCUT2D eigenvalue weighted by Gasteiger charge is 2.40. The number of anilines is 3. The summed E-state index contributed by atoms with van der Waals surface area (Å²) >= 11 is 14.5. The van der Waals surface area contributed by atoms with Crippen molar-refractivity contribution in [1.82, 2.24) is 0 Å². The number of benzene rings is 4. The van der Waals surface area contributed by atoms with E-state index in [2.05, 4.69) is 69.4 Å². The predicted molar refractivity (Wildman–Crippen MR) is 220 cm³/mol. The van der Waals surface area contributed by atoms with Gasteiger partial charge in [-0.25, -0.2) is 0 Å². The second kappa shape index (κ2) is 16.9. The van der Waals surface area contributed by atoms with Crippen LogP contribution in [-0.2, 0) is 20.4 Å². The number of halogens is 2. The van der Waals surface area contributed by atoms with Crippen LogP contribution in [0.15, 0.2) is 94.9 Å². The van der Waals surface area contributed by atoms with Gasteiger partial charge in [-0.05, 0) is 72.1 Å². The molecule has 1 aliphatic heterocycles. The molecule has 8 nitrogen and oxygen atoms in total. The first kappa shape index (κ1) is 40.0. The summed E-state index contributed by atoms with van der Waals surface area (Å²) in [6.45, 7) is 15.2. The van der Waals surface area contributed by atoms with Crippen molar-refractivity contribution in [2.24, 2.45) is 5.10 Å².